The zero-order chi connectivity index (χ0) is 25.9. The quantitative estimate of drug-likeness (QED) is 0.537. The molecule has 3 N–H and O–H groups in total. The number of hydrogen-bond donors (Lipinski definition) is 3. The normalized spacial score (nSPS) is 25.2. The topological polar surface area (TPSA) is 120 Å². The first kappa shape index (κ1) is 25.1. The van der Waals surface area contributed by atoms with Gasteiger partial charge in [-0.3, -0.25) is 14.4 Å². The summed E-state index contributed by atoms with van der Waals surface area (Å²) < 4.78 is 6.33. The number of ether oxygens (including phenoxy) is 1. The summed E-state index contributed by atoms with van der Waals surface area (Å²) in [5.41, 5.74) is 2.92. The van der Waals surface area contributed by atoms with Crippen molar-refractivity contribution in [1.29, 1.82) is 0 Å². The lowest BCUT2D eigenvalue weighted by Gasteiger charge is -2.29. The van der Waals surface area contributed by atoms with Gasteiger partial charge in [-0.25, -0.2) is 4.99 Å². The van der Waals surface area contributed by atoms with Crippen molar-refractivity contribution in [2.24, 2.45) is 4.99 Å². The molecule has 3 aliphatic rings. The number of rotatable bonds is 2. The fourth-order valence-corrected chi connectivity index (χ4v) is 5.28. The van der Waals surface area contributed by atoms with Crippen molar-refractivity contribution in [2.75, 3.05) is 32.7 Å². The van der Waals surface area contributed by atoms with Crippen molar-refractivity contribution < 1.29 is 24.2 Å². The largest absolute Gasteiger partial charge is 0.508 e. The summed E-state index contributed by atoms with van der Waals surface area (Å²) in [5, 5.41) is 16.8. The van der Waals surface area contributed by atoms with Gasteiger partial charge in [0.05, 0.1) is 18.3 Å². The maximum Gasteiger partial charge on any atom is 0.312 e. The number of benzene rings is 2. The molecule has 0 radical (unpaired) electrons. The predicted octanol–water partition coefficient (Wildman–Crippen LogP) is 2.41. The first-order valence-corrected chi connectivity index (χ1v) is 12.9. The molecule has 1 saturated heterocycles. The highest BCUT2D eigenvalue weighted by Crippen LogP contribution is 2.48. The van der Waals surface area contributed by atoms with Gasteiger partial charge < -0.3 is 25.4 Å². The van der Waals surface area contributed by atoms with Crippen LogP contribution in [0.15, 0.2) is 47.5 Å². The van der Waals surface area contributed by atoms with Gasteiger partial charge in [-0.15, -0.1) is 0 Å². The van der Waals surface area contributed by atoms with Crippen LogP contribution in [0.2, 0.25) is 0 Å². The van der Waals surface area contributed by atoms with Crippen molar-refractivity contribution in [2.45, 2.75) is 44.2 Å². The van der Waals surface area contributed by atoms with Crippen LogP contribution in [0.4, 0.5) is 0 Å². The Bertz CT molecular complexity index is 1230. The van der Waals surface area contributed by atoms with Crippen LogP contribution >= 0.6 is 0 Å². The van der Waals surface area contributed by atoms with E-state index in [1.54, 1.807) is 29.2 Å². The van der Waals surface area contributed by atoms with Gasteiger partial charge in [0.15, 0.2) is 0 Å². The molecular weight excluding hydrogens is 472 g/mol. The highest BCUT2D eigenvalue weighted by Gasteiger charge is 2.44. The second-order valence-corrected chi connectivity index (χ2v) is 9.83. The van der Waals surface area contributed by atoms with Gasteiger partial charge in [0, 0.05) is 19.0 Å². The van der Waals surface area contributed by atoms with E-state index in [1.807, 2.05) is 18.2 Å². The number of fused-ring (bicyclic) bond motifs is 5. The van der Waals surface area contributed by atoms with E-state index in [0.717, 1.165) is 49.0 Å². The molecule has 3 heterocycles. The molecular formula is C28H32N4O5. The average molecular weight is 505 g/mol. The monoisotopic (exact) mass is 504 g/mol. The van der Waals surface area contributed by atoms with Crippen molar-refractivity contribution in [3.63, 3.8) is 0 Å². The van der Waals surface area contributed by atoms with E-state index < -0.39 is 29.8 Å². The lowest BCUT2D eigenvalue weighted by Crippen LogP contribution is -2.43. The molecule has 0 spiro atoms. The number of nitrogens with zero attached hydrogens (tertiary/aromatic N) is 2. The molecule has 9 nitrogen and oxygen atoms in total. The minimum atomic E-state index is -0.815. The molecule has 0 aromatic heterocycles. The minimum absolute atomic E-state index is 0.111. The maximum absolute atomic E-state index is 14.2. The first-order chi connectivity index (χ1) is 17.9. The summed E-state index contributed by atoms with van der Waals surface area (Å²) in [4.78, 5) is 44.6. The summed E-state index contributed by atoms with van der Waals surface area (Å²) >= 11 is 0. The standard InChI is InChI=1S/C28H32N4O5/c1-17(33)27(35)31-22-16-32-14-3-2-11-29-12-4-13-30-25(22)19-7-10-23-21(15-19)24(28(32)36)26(37-23)18-5-8-20(34)9-6-18/h5-10,15,24-26,29-30,34H,2-4,11-14,16H2,1H3/t24-,25-,26+/m0/s1. The third kappa shape index (κ3) is 5.28. The molecule has 194 valence electrons. The van der Waals surface area contributed by atoms with Crippen LogP contribution in [0.25, 0.3) is 0 Å². The molecule has 0 aliphatic carbocycles. The third-order valence-electron chi connectivity index (χ3n) is 7.20. The molecule has 5 rings (SSSR count). The van der Waals surface area contributed by atoms with E-state index in [0.29, 0.717) is 24.6 Å². The smallest absolute Gasteiger partial charge is 0.312 e. The third-order valence-corrected chi connectivity index (χ3v) is 7.20. The molecule has 2 amide bonds. The number of carbonyl (C=O) groups is 3. The van der Waals surface area contributed by atoms with Gasteiger partial charge in [-0.05, 0) is 74.3 Å². The Morgan fingerprint density at radius 3 is 2.57 bits per heavy atom. The van der Waals surface area contributed by atoms with Gasteiger partial charge in [-0.2, -0.15) is 0 Å². The highest BCUT2D eigenvalue weighted by atomic mass is 16.5. The van der Waals surface area contributed by atoms with E-state index in [1.165, 1.54) is 6.92 Å². The molecule has 4 bridgehead atoms. The number of nitrogens with one attached hydrogen (secondary N) is 2. The van der Waals surface area contributed by atoms with Gasteiger partial charge in [0.25, 0.3) is 0 Å². The lowest BCUT2D eigenvalue weighted by atomic mass is 9.88. The Hall–Kier alpha value is -3.56. The minimum Gasteiger partial charge on any atom is -0.508 e. The Labute approximate surface area is 215 Å². The van der Waals surface area contributed by atoms with Crippen LogP contribution in [0.1, 0.15) is 60.9 Å². The lowest BCUT2D eigenvalue weighted by molar-refractivity contribution is -0.134. The zero-order valence-electron chi connectivity index (χ0n) is 20.9. The second kappa shape index (κ2) is 10.8. The number of phenols is 1. The van der Waals surface area contributed by atoms with E-state index >= 15 is 0 Å². The van der Waals surface area contributed by atoms with Crippen molar-refractivity contribution >= 4 is 23.3 Å². The predicted molar refractivity (Wildman–Crippen MR) is 138 cm³/mol. The number of hydrogen-bond acceptors (Lipinski definition) is 7. The fraction of sp³-hybridized carbons (Fsp3) is 0.429. The van der Waals surface area contributed by atoms with Crippen LogP contribution in [-0.4, -0.2) is 66.0 Å². The number of ketones is 1. The summed E-state index contributed by atoms with van der Waals surface area (Å²) in [5.74, 6) is -1.37. The van der Waals surface area contributed by atoms with Crippen molar-refractivity contribution in [3.05, 3.63) is 59.2 Å². The Balaban J connectivity index is 1.63. The Morgan fingerprint density at radius 2 is 1.78 bits per heavy atom. The number of Topliss-reactive ketones (excluding diaryl/α,β-unsaturated/α-hetero) is 1. The molecule has 0 unspecified atom stereocenters. The average Bonchev–Trinajstić information content (AvgIpc) is 3.27. The Morgan fingerprint density at radius 1 is 1.03 bits per heavy atom. The first-order valence-electron chi connectivity index (χ1n) is 12.9. The number of aromatic hydroxyl groups is 1. The SMILES string of the molecule is CC(=O)C(=O)N=C1CN2CCCCNCCCN[C@H]1c1ccc3c(c1)[C@H](C2=O)[C@@H](c1ccc(O)cc1)O3. The molecule has 3 atom stereocenters. The molecule has 3 aliphatic heterocycles. The van der Waals surface area contributed by atoms with Crippen LogP contribution in [0.3, 0.4) is 0 Å². The van der Waals surface area contributed by atoms with Gasteiger partial charge in [0.1, 0.15) is 23.5 Å². The van der Waals surface area contributed by atoms with E-state index in [-0.39, 0.29) is 18.2 Å². The molecule has 0 saturated carbocycles. The van der Waals surface area contributed by atoms with E-state index in [2.05, 4.69) is 15.6 Å². The molecule has 37 heavy (non-hydrogen) atoms. The molecule has 9 heteroatoms. The Kier molecular flexibility index (Phi) is 7.34. The van der Waals surface area contributed by atoms with Crippen molar-refractivity contribution in [3.8, 4) is 11.5 Å². The van der Waals surface area contributed by atoms with Crippen LogP contribution in [-0.2, 0) is 14.4 Å². The number of carbonyl (C=O) groups excluding carboxylic acids is 3. The van der Waals surface area contributed by atoms with Gasteiger partial charge in [0.2, 0.25) is 11.7 Å². The van der Waals surface area contributed by atoms with E-state index in [9.17, 15) is 19.5 Å². The summed E-state index contributed by atoms with van der Waals surface area (Å²) in [6.07, 6.45) is 2.02. The maximum atomic E-state index is 14.2. The van der Waals surface area contributed by atoms with Crippen LogP contribution in [0.5, 0.6) is 11.5 Å². The highest BCUT2D eigenvalue weighted by molar-refractivity contribution is 6.37. The molecule has 1 fully saturated rings. The molecule has 2 aromatic carbocycles. The van der Waals surface area contributed by atoms with Gasteiger partial charge >= 0.3 is 5.91 Å². The second-order valence-electron chi connectivity index (χ2n) is 9.83. The number of amides is 2. The van der Waals surface area contributed by atoms with Gasteiger partial charge in [-0.1, -0.05) is 18.2 Å². The van der Waals surface area contributed by atoms with Crippen LogP contribution in [0, 0.1) is 0 Å². The zero-order valence-corrected chi connectivity index (χ0v) is 20.9. The molecule has 2 aromatic rings. The van der Waals surface area contributed by atoms with Crippen molar-refractivity contribution in [1.82, 2.24) is 15.5 Å². The number of phenolic OH excluding ortho intramolecular Hbond substituents is 1. The summed E-state index contributed by atoms with van der Waals surface area (Å²) in [7, 11) is 0. The number of aliphatic imine (C=N–C) groups is 1. The van der Waals surface area contributed by atoms with E-state index in [4.69, 9.17) is 4.74 Å². The fourth-order valence-electron chi connectivity index (χ4n) is 5.28. The summed E-state index contributed by atoms with van der Waals surface area (Å²) in [6.45, 7) is 4.23. The summed E-state index contributed by atoms with van der Waals surface area (Å²) in [6, 6.07) is 12.1. The van der Waals surface area contributed by atoms with Crippen LogP contribution < -0.4 is 15.4 Å².